The van der Waals surface area contributed by atoms with Gasteiger partial charge in [-0.05, 0) is 27.7 Å². The zero-order valence-corrected chi connectivity index (χ0v) is 10.4. The van der Waals surface area contributed by atoms with E-state index in [1.165, 1.54) is 4.90 Å². The van der Waals surface area contributed by atoms with E-state index in [0.717, 1.165) is 0 Å². The molecule has 1 aliphatic heterocycles. The monoisotopic (exact) mass is 231 g/mol. The van der Waals surface area contributed by atoms with Crippen LogP contribution in [-0.4, -0.2) is 51.6 Å². The van der Waals surface area contributed by atoms with E-state index in [2.05, 4.69) is 0 Å². The summed E-state index contributed by atoms with van der Waals surface area (Å²) in [5.74, 6) is 0. The molecule has 1 rings (SSSR count). The van der Waals surface area contributed by atoms with Crippen molar-refractivity contribution in [1.29, 1.82) is 0 Å². The minimum atomic E-state index is -0.720. The van der Waals surface area contributed by atoms with Crippen LogP contribution in [0.5, 0.6) is 0 Å². The van der Waals surface area contributed by atoms with Gasteiger partial charge in [0.2, 0.25) is 0 Å². The fourth-order valence-electron chi connectivity index (χ4n) is 1.88. The highest BCUT2D eigenvalue weighted by atomic mass is 16.6. The summed E-state index contributed by atoms with van der Waals surface area (Å²) in [5, 5.41) is 18.9. The van der Waals surface area contributed by atoms with Crippen molar-refractivity contribution in [2.45, 2.75) is 51.4 Å². The van der Waals surface area contributed by atoms with Gasteiger partial charge in [-0.1, -0.05) is 0 Å². The first-order valence-corrected chi connectivity index (χ1v) is 5.47. The van der Waals surface area contributed by atoms with Crippen molar-refractivity contribution < 1.29 is 19.7 Å². The van der Waals surface area contributed by atoms with E-state index in [9.17, 15) is 15.0 Å². The van der Waals surface area contributed by atoms with Gasteiger partial charge in [-0.2, -0.15) is 0 Å². The molecule has 94 valence electrons. The number of hydrogen-bond donors (Lipinski definition) is 2. The standard InChI is InChI=1S/C11H21NO4/c1-10(2,3)16-9(15)12-6-8(14)5-11(12,4)7-13/h8,13-14H,5-7H2,1-4H3. The van der Waals surface area contributed by atoms with Crippen LogP contribution in [0, 0.1) is 0 Å². The van der Waals surface area contributed by atoms with E-state index in [-0.39, 0.29) is 13.2 Å². The fourth-order valence-corrected chi connectivity index (χ4v) is 1.88. The Balaban J connectivity index is 2.75. The van der Waals surface area contributed by atoms with Gasteiger partial charge in [0.25, 0.3) is 0 Å². The van der Waals surface area contributed by atoms with E-state index >= 15 is 0 Å². The molecule has 2 atom stereocenters. The third-order valence-corrected chi connectivity index (χ3v) is 2.67. The van der Waals surface area contributed by atoms with Gasteiger partial charge in [-0.15, -0.1) is 0 Å². The number of carbonyl (C=O) groups excluding carboxylic acids is 1. The molecule has 1 heterocycles. The molecule has 2 unspecified atom stereocenters. The molecule has 5 heteroatoms. The Hall–Kier alpha value is -0.810. The lowest BCUT2D eigenvalue weighted by Gasteiger charge is -2.34. The molecule has 0 aliphatic carbocycles. The minimum absolute atomic E-state index is 0.177. The Bertz CT molecular complexity index is 274. The van der Waals surface area contributed by atoms with Crippen molar-refractivity contribution in [2.24, 2.45) is 0 Å². The molecule has 0 saturated carbocycles. The first kappa shape index (κ1) is 13.3. The summed E-state index contributed by atoms with van der Waals surface area (Å²) in [4.78, 5) is 13.3. The van der Waals surface area contributed by atoms with Gasteiger partial charge in [0.05, 0.1) is 24.8 Å². The number of carbonyl (C=O) groups is 1. The van der Waals surface area contributed by atoms with Gasteiger partial charge in [-0.25, -0.2) is 4.79 Å². The molecule has 0 spiro atoms. The molecular weight excluding hydrogens is 210 g/mol. The number of rotatable bonds is 1. The summed E-state index contributed by atoms with van der Waals surface area (Å²) in [5.41, 5.74) is -1.29. The maximum atomic E-state index is 11.9. The number of aliphatic hydroxyl groups is 2. The Kier molecular flexibility index (Phi) is 3.50. The molecule has 2 N–H and O–H groups in total. The number of likely N-dealkylation sites (tertiary alicyclic amines) is 1. The van der Waals surface area contributed by atoms with Crippen LogP contribution in [0.15, 0.2) is 0 Å². The summed E-state index contributed by atoms with van der Waals surface area (Å²) in [6, 6.07) is 0. The van der Waals surface area contributed by atoms with Gasteiger partial charge in [-0.3, -0.25) is 4.90 Å². The largest absolute Gasteiger partial charge is 0.444 e. The zero-order valence-electron chi connectivity index (χ0n) is 10.4. The topological polar surface area (TPSA) is 70.0 Å². The molecule has 0 aromatic carbocycles. The van der Waals surface area contributed by atoms with Crippen LogP contribution < -0.4 is 0 Å². The molecule has 5 nitrogen and oxygen atoms in total. The van der Waals surface area contributed by atoms with Crippen molar-refractivity contribution in [3.63, 3.8) is 0 Å². The van der Waals surface area contributed by atoms with Gasteiger partial charge >= 0.3 is 6.09 Å². The first-order chi connectivity index (χ1) is 7.18. The third-order valence-electron chi connectivity index (χ3n) is 2.67. The van der Waals surface area contributed by atoms with E-state index in [0.29, 0.717) is 6.42 Å². The highest BCUT2D eigenvalue weighted by molar-refractivity contribution is 5.69. The van der Waals surface area contributed by atoms with Crippen LogP contribution in [0.1, 0.15) is 34.1 Å². The van der Waals surface area contributed by atoms with Crippen molar-refractivity contribution >= 4 is 6.09 Å². The fraction of sp³-hybridized carbons (Fsp3) is 0.909. The minimum Gasteiger partial charge on any atom is -0.444 e. The lowest BCUT2D eigenvalue weighted by atomic mass is 10.00. The molecule has 1 saturated heterocycles. The maximum absolute atomic E-state index is 11.9. The Morgan fingerprint density at radius 3 is 2.56 bits per heavy atom. The summed E-state index contributed by atoms with van der Waals surface area (Å²) < 4.78 is 5.23. The van der Waals surface area contributed by atoms with E-state index < -0.39 is 23.3 Å². The summed E-state index contributed by atoms with van der Waals surface area (Å²) in [6.07, 6.45) is -0.701. The SMILES string of the molecule is CC(C)(C)OC(=O)N1CC(O)CC1(C)CO. The predicted octanol–water partition coefficient (Wildman–Crippen LogP) is 0.739. The zero-order chi connectivity index (χ0) is 12.6. The van der Waals surface area contributed by atoms with Crippen molar-refractivity contribution in [1.82, 2.24) is 4.90 Å². The van der Waals surface area contributed by atoms with Crippen molar-refractivity contribution in [3.05, 3.63) is 0 Å². The Morgan fingerprint density at radius 1 is 1.56 bits per heavy atom. The van der Waals surface area contributed by atoms with E-state index in [1.807, 2.05) is 0 Å². The van der Waals surface area contributed by atoms with Gasteiger partial charge in [0, 0.05) is 6.42 Å². The molecule has 1 fully saturated rings. The number of nitrogens with zero attached hydrogens (tertiary/aromatic N) is 1. The second-order valence-corrected chi connectivity index (χ2v) is 5.60. The van der Waals surface area contributed by atoms with Crippen molar-refractivity contribution in [2.75, 3.05) is 13.2 Å². The lowest BCUT2D eigenvalue weighted by Crippen LogP contribution is -2.49. The number of amides is 1. The van der Waals surface area contributed by atoms with Gasteiger partial charge < -0.3 is 14.9 Å². The molecule has 0 aromatic heterocycles. The summed E-state index contributed by atoms with van der Waals surface area (Å²) in [6.45, 7) is 7.14. The average molecular weight is 231 g/mol. The predicted molar refractivity (Wildman–Crippen MR) is 59.1 cm³/mol. The van der Waals surface area contributed by atoms with Crippen LogP contribution in [0.4, 0.5) is 4.79 Å². The number of ether oxygens (including phenoxy) is 1. The second-order valence-electron chi connectivity index (χ2n) is 5.60. The quantitative estimate of drug-likeness (QED) is 0.698. The van der Waals surface area contributed by atoms with Gasteiger partial charge in [0.15, 0.2) is 0 Å². The average Bonchev–Trinajstić information content (AvgIpc) is 2.40. The number of β-amino-alcohol motifs (C(OH)–C–C–N with tert-alkyl or cyclic N) is 1. The normalized spacial score (nSPS) is 30.6. The molecular formula is C11H21NO4. The van der Waals surface area contributed by atoms with Crippen LogP contribution in [0.2, 0.25) is 0 Å². The smallest absolute Gasteiger partial charge is 0.410 e. The Labute approximate surface area is 96.0 Å². The van der Waals surface area contributed by atoms with Crippen LogP contribution in [-0.2, 0) is 4.74 Å². The molecule has 1 amide bonds. The summed E-state index contributed by atoms with van der Waals surface area (Å²) >= 11 is 0. The second kappa shape index (κ2) is 4.22. The Morgan fingerprint density at radius 2 is 2.12 bits per heavy atom. The molecule has 0 bridgehead atoms. The first-order valence-electron chi connectivity index (χ1n) is 5.47. The molecule has 16 heavy (non-hydrogen) atoms. The molecule has 1 aliphatic rings. The maximum Gasteiger partial charge on any atom is 0.410 e. The molecule has 0 aromatic rings. The van der Waals surface area contributed by atoms with Crippen LogP contribution in [0.3, 0.4) is 0 Å². The molecule has 0 radical (unpaired) electrons. The third kappa shape index (κ3) is 2.86. The van der Waals surface area contributed by atoms with Gasteiger partial charge in [0.1, 0.15) is 5.60 Å². The van der Waals surface area contributed by atoms with Crippen LogP contribution in [0.25, 0.3) is 0 Å². The summed E-state index contributed by atoms with van der Waals surface area (Å²) in [7, 11) is 0. The van der Waals surface area contributed by atoms with Crippen molar-refractivity contribution in [3.8, 4) is 0 Å². The number of hydrogen-bond acceptors (Lipinski definition) is 4. The van der Waals surface area contributed by atoms with E-state index in [1.54, 1.807) is 27.7 Å². The lowest BCUT2D eigenvalue weighted by molar-refractivity contribution is -0.000401. The van der Waals surface area contributed by atoms with Crippen LogP contribution >= 0.6 is 0 Å². The van der Waals surface area contributed by atoms with E-state index in [4.69, 9.17) is 4.74 Å². The highest BCUT2D eigenvalue weighted by Gasteiger charge is 2.45. The number of aliphatic hydroxyl groups excluding tert-OH is 2. The highest BCUT2D eigenvalue weighted by Crippen LogP contribution is 2.30.